The highest BCUT2D eigenvalue weighted by atomic mass is 16.5. The van der Waals surface area contributed by atoms with Crippen LogP contribution in [0.3, 0.4) is 0 Å². The molecule has 4 nitrogen and oxygen atoms in total. The highest BCUT2D eigenvalue weighted by Crippen LogP contribution is 2.23. The number of carbonyl (C=O) groups excluding carboxylic acids is 1. The third-order valence-corrected chi connectivity index (χ3v) is 1.79. The Balaban J connectivity index is 3.01. The Bertz CT molecular complexity index is 360. The number of carbonyl (C=O) groups is 1. The molecule has 0 fully saturated rings. The van der Waals surface area contributed by atoms with E-state index < -0.39 is 5.97 Å². The van der Waals surface area contributed by atoms with Crippen LogP contribution in [0, 0.1) is 0 Å². The summed E-state index contributed by atoms with van der Waals surface area (Å²) in [5.74, 6) is -0.0310. The minimum absolute atomic E-state index is 0.604. The highest BCUT2D eigenvalue weighted by Gasteiger charge is 1.98. The zero-order valence-electron chi connectivity index (χ0n) is 8.52. The summed E-state index contributed by atoms with van der Waals surface area (Å²) in [5.41, 5.74) is 0.676. The van der Waals surface area contributed by atoms with Crippen molar-refractivity contribution in [3.8, 4) is 11.5 Å². The van der Waals surface area contributed by atoms with Gasteiger partial charge in [-0.3, -0.25) is 0 Å². The lowest BCUT2D eigenvalue weighted by atomic mass is 10.2. The minimum Gasteiger partial charge on any atom is -0.545 e. The van der Waals surface area contributed by atoms with Crippen LogP contribution in [-0.4, -0.2) is 20.2 Å². The van der Waals surface area contributed by atoms with Crippen LogP contribution >= 0.6 is 0 Å². The Morgan fingerprint density at radius 2 is 1.73 bits per heavy atom. The van der Waals surface area contributed by atoms with Crippen molar-refractivity contribution in [2.45, 2.75) is 0 Å². The molecule has 0 amide bonds. The van der Waals surface area contributed by atoms with Crippen molar-refractivity contribution in [3.05, 3.63) is 29.8 Å². The van der Waals surface area contributed by atoms with E-state index in [-0.39, 0.29) is 0 Å². The van der Waals surface area contributed by atoms with E-state index in [0.717, 1.165) is 6.08 Å². The molecule has 1 aromatic carbocycles. The van der Waals surface area contributed by atoms with Crippen LogP contribution in [-0.2, 0) is 4.79 Å². The number of carboxylic acids is 1. The Hall–Kier alpha value is -1.97. The van der Waals surface area contributed by atoms with Gasteiger partial charge >= 0.3 is 0 Å². The number of ether oxygens (including phenoxy) is 2. The van der Waals surface area contributed by atoms with Gasteiger partial charge in [-0.2, -0.15) is 0 Å². The third kappa shape index (κ3) is 3.34. The van der Waals surface area contributed by atoms with Crippen molar-refractivity contribution >= 4 is 12.0 Å². The van der Waals surface area contributed by atoms with Gasteiger partial charge in [0.05, 0.1) is 20.2 Å². The predicted octanol–water partition coefficient (Wildman–Crippen LogP) is 0.467. The topological polar surface area (TPSA) is 58.6 Å². The maximum atomic E-state index is 10.2. The minimum atomic E-state index is -1.24. The van der Waals surface area contributed by atoms with Crippen LogP contribution in [0.4, 0.5) is 0 Å². The van der Waals surface area contributed by atoms with E-state index in [1.807, 2.05) is 0 Å². The highest BCUT2D eigenvalue weighted by molar-refractivity contribution is 5.83. The molecule has 0 spiro atoms. The lowest BCUT2D eigenvalue weighted by molar-refractivity contribution is -0.297. The van der Waals surface area contributed by atoms with Gasteiger partial charge in [0.25, 0.3) is 0 Å². The van der Waals surface area contributed by atoms with Crippen molar-refractivity contribution in [1.29, 1.82) is 0 Å². The summed E-state index contributed by atoms with van der Waals surface area (Å²) in [6.45, 7) is 0. The van der Waals surface area contributed by atoms with E-state index in [4.69, 9.17) is 9.47 Å². The predicted molar refractivity (Wildman–Crippen MR) is 53.6 cm³/mol. The Kier molecular flexibility index (Phi) is 3.74. The second kappa shape index (κ2) is 5.05. The molecule has 80 valence electrons. The zero-order chi connectivity index (χ0) is 11.3. The van der Waals surface area contributed by atoms with Gasteiger partial charge in [-0.15, -0.1) is 0 Å². The fourth-order valence-corrected chi connectivity index (χ4v) is 1.09. The number of rotatable bonds is 4. The summed E-state index contributed by atoms with van der Waals surface area (Å²) in [7, 11) is 3.06. The third-order valence-electron chi connectivity index (χ3n) is 1.79. The van der Waals surface area contributed by atoms with Gasteiger partial charge < -0.3 is 19.4 Å². The van der Waals surface area contributed by atoms with Gasteiger partial charge in [0.15, 0.2) is 0 Å². The Morgan fingerprint density at radius 3 is 2.13 bits per heavy atom. The fourth-order valence-electron chi connectivity index (χ4n) is 1.09. The van der Waals surface area contributed by atoms with E-state index in [1.54, 1.807) is 18.2 Å². The van der Waals surface area contributed by atoms with Crippen molar-refractivity contribution in [1.82, 2.24) is 0 Å². The molecule has 0 heterocycles. The van der Waals surface area contributed by atoms with E-state index in [2.05, 4.69) is 0 Å². The molecule has 0 saturated heterocycles. The van der Waals surface area contributed by atoms with Crippen LogP contribution in [0.15, 0.2) is 24.3 Å². The number of methoxy groups -OCH3 is 2. The number of hydrogen-bond donors (Lipinski definition) is 0. The molecular weight excluding hydrogens is 196 g/mol. The Morgan fingerprint density at radius 1 is 1.20 bits per heavy atom. The molecule has 0 radical (unpaired) electrons. The SMILES string of the molecule is COc1cc(/C=C/C(=O)[O-])cc(OC)c1. The standard InChI is InChI=1S/C11H12O4/c1-14-9-5-8(3-4-11(12)13)6-10(7-9)15-2/h3-7H,1-2H3,(H,12,13)/p-1/b4-3+. The van der Waals surface area contributed by atoms with E-state index in [9.17, 15) is 9.90 Å². The lowest BCUT2D eigenvalue weighted by Gasteiger charge is -2.05. The molecule has 15 heavy (non-hydrogen) atoms. The first-order valence-electron chi connectivity index (χ1n) is 4.28. The van der Waals surface area contributed by atoms with Gasteiger partial charge in [-0.1, -0.05) is 6.08 Å². The fraction of sp³-hybridized carbons (Fsp3) is 0.182. The van der Waals surface area contributed by atoms with Gasteiger partial charge in [-0.25, -0.2) is 0 Å². The molecule has 0 aliphatic heterocycles. The summed E-state index contributed by atoms with van der Waals surface area (Å²) >= 11 is 0. The summed E-state index contributed by atoms with van der Waals surface area (Å²) < 4.78 is 10.1. The number of hydrogen-bond acceptors (Lipinski definition) is 4. The molecule has 0 atom stereocenters. The van der Waals surface area contributed by atoms with Gasteiger partial charge in [0.1, 0.15) is 11.5 Å². The molecule has 0 N–H and O–H groups in total. The molecule has 4 heteroatoms. The van der Waals surface area contributed by atoms with Gasteiger partial charge in [0.2, 0.25) is 0 Å². The van der Waals surface area contributed by atoms with Crippen LogP contribution in [0.25, 0.3) is 6.08 Å². The molecule has 0 saturated carbocycles. The van der Waals surface area contributed by atoms with Crippen molar-refractivity contribution < 1.29 is 19.4 Å². The van der Waals surface area contributed by atoms with Crippen LogP contribution < -0.4 is 14.6 Å². The first-order chi connectivity index (χ1) is 7.15. The number of carboxylic acid groups (broad SMARTS) is 1. The first kappa shape index (κ1) is 11.1. The number of aliphatic carboxylic acids is 1. The van der Waals surface area contributed by atoms with Crippen LogP contribution in [0.1, 0.15) is 5.56 Å². The smallest absolute Gasteiger partial charge is 0.123 e. The van der Waals surface area contributed by atoms with Gasteiger partial charge in [-0.05, 0) is 23.8 Å². The molecule has 1 rings (SSSR count). The van der Waals surface area contributed by atoms with Crippen LogP contribution in [0.2, 0.25) is 0 Å². The quantitative estimate of drug-likeness (QED) is 0.673. The normalized spacial score (nSPS) is 10.3. The monoisotopic (exact) mass is 207 g/mol. The second-order valence-corrected chi connectivity index (χ2v) is 2.80. The van der Waals surface area contributed by atoms with E-state index in [0.29, 0.717) is 17.1 Å². The van der Waals surface area contributed by atoms with E-state index in [1.165, 1.54) is 20.3 Å². The van der Waals surface area contributed by atoms with Gasteiger partial charge in [0, 0.05) is 6.07 Å². The average molecular weight is 207 g/mol. The molecule has 1 aromatic rings. The molecule has 0 unspecified atom stereocenters. The maximum Gasteiger partial charge on any atom is 0.123 e. The molecule has 0 aromatic heterocycles. The largest absolute Gasteiger partial charge is 0.545 e. The molecular formula is C11H11O4-. The summed E-state index contributed by atoms with van der Waals surface area (Å²) in [6.07, 6.45) is 2.37. The first-order valence-corrected chi connectivity index (χ1v) is 4.28. The summed E-state index contributed by atoms with van der Waals surface area (Å²) in [6, 6.07) is 5.10. The molecule has 0 bridgehead atoms. The average Bonchev–Trinajstić information content (AvgIpc) is 2.25. The van der Waals surface area contributed by atoms with Crippen LogP contribution in [0.5, 0.6) is 11.5 Å². The maximum absolute atomic E-state index is 10.2. The number of benzene rings is 1. The van der Waals surface area contributed by atoms with Crippen molar-refractivity contribution in [2.75, 3.05) is 14.2 Å². The van der Waals surface area contributed by atoms with Crippen molar-refractivity contribution in [2.24, 2.45) is 0 Å². The Labute approximate surface area is 87.7 Å². The lowest BCUT2D eigenvalue weighted by Crippen LogP contribution is -2.18. The zero-order valence-corrected chi connectivity index (χ0v) is 8.52. The second-order valence-electron chi connectivity index (χ2n) is 2.80. The van der Waals surface area contributed by atoms with E-state index >= 15 is 0 Å². The summed E-state index contributed by atoms with van der Waals surface area (Å²) in [4.78, 5) is 10.2. The molecule has 0 aliphatic rings. The van der Waals surface area contributed by atoms with Crippen molar-refractivity contribution in [3.63, 3.8) is 0 Å². The summed E-state index contributed by atoms with van der Waals surface area (Å²) in [5, 5.41) is 10.2. The molecule has 0 aliphatic carbocycles.